The van der Waals surface area contributed by atoms with Gasteiger partial charge in [0.2, 0.25) is 0 Å². The van der Waals surface area contributed by atoms with Gasteiger partial charge in [-0.1, -0.05) is 17.7 Å². The summed E-state index contributed by atoms with van der Waals surface area (Å²) in [5, 5.41) is 4.81. The number of hydrogen-bond donors (Lipinski definition) is 0. The molecule has 0 aliphatic carbocycles. The van der Waals surface area contributed by atoms with Gasteiger partial charge in [-0.05, 0) is 40.1 Å². The van der Waals surface area contributed by atoms with Crippen LogP contribution in [0.25, 0.3) is 0 Å². The molecule has 17 heavy (non-hydrogen) atoms. The predicted molar refractivity (Wildman–Crippen MR) is 74.5 cm³/mol. The first-order chi connectivity index (χ1) is 8.29. The third-order valence-electron chi connectivity index (χ3n) is 2.38. The van der Waals surface area contributed by atoms with Gasteiger partial charge in [-0.3, -0.25) is 0 Å². The largest absolute Gasteiger partial charge is 0.492 e. The Kier molecular flexibility index (Phi) is 4.72. The lowest BCUT2D eigenvalue weighted by Crippen LogP contribution is -2.01. The Balaban J connectivity index is 1.90. The predicted octanol–water partition coefficient (Wildman–Crippen LogP) is 4.76. The Hall–Kier alpha value is -0.700. The minimum absolute atomic E-state index is 0.467. The van der Waals surface area contributed by atoms with Gasteiger partial charge < -0.3 is 4.74 Å². The molecule has 1 heterocycles. The first-order valence-corrected chi connectivity index (χ1v) is 7.13. The van der Waals surface area contributed by atoms with Gasteiger partial charge in [-0.2, -0.15) is 11.3 Å². The molecule has 0 fully saturated rings. The minimum atomic E-state index is 0.467. The second-order valence-corrected chi connectivity index (χ2v) is 5.08. The van der Waals surface area contributed by atoms with Gasteiger partial charge in [0.25, 0.3) is 0 Å². The lowest BCUT2D eigenvalue weighted by molar-refractivity contribution is 0.322. The summed E-state index contributed by atoms with van der Waals surface area (Å²) in [6.45, 7) is 0.636. The van der Waals surface area contributed by atoms with Crippen molar-refractivity contribution < 1.29 is 4.74 Å². The van der Waals surface area contributed by atoms with Crippen molar-refractivity contribution in [3.63, 3.8) is 0 Å². The fourth-order valence-corrected chi connectivity index (χ4v) is 2.59. The highest BCUT2D eigenvalue weighted by molar-refractivity contribution is 7.07. The van der Waals surface area contributed by atoms with E-state index in [9.17, 15) is 0 Å². The molecular weight excluding hydrogens is 275 g/mol. The molecule has 1 nitrogen and oxygen atoms in total. The van der Waals surface area contributed by atoms with E-state index in [1.54, 1.807) is 11.3 Å². The van der Waals surface area contributed by atoms with Gasteiger partial charge in [0.1, 0.15) is 5.75 Å². The van der Waals surface area contributed by atoms with E-state index in [1.165, 1.54) is 5.56 Å². The number of hydrogen-bond acceptors (Lipinski definition) is 2. The van der Waals surface area contributed by atoms with Crippen molar-refractivity contribution in [1.29, 1.82) is 0 Å². The lowest BCUT2D eigenvalue weighted by Gasteiger charge is -2.08. The standard InChI is InChI=1S/C13H12Cl2OS/c14-8-11-1-2-13(12(15)7-11)16-5-3-10-4-6-17-9-10/h1-2,4,6-7,9H,3,5,8H2. The molecule has 0 atom stereocenters. The Morgan fingerprint density at radius 1 is 1.18 bits per heavy atom. The van der Waals surface area contributed by atoms with Crippen LogP contribution in [0.5, 0.6) is 5.75 Å². The fourth-order valence-electron chi connectivity index (χ4n) is 1.46. The Morgan fingerprint density at radius 2 is 2.06 bits per heavy atom. The zero-order valence-corrected chi connectivity index (χ0v) is 11.5. The normalized spacial score (nSPS) is 10.5. The highest BCUT2D eigenvalue weighted by atomic mass is 35.5. The molecule has 0 bridgehead atoms. The molecule has 2 aromatic rings. The van der Waals surface area contributed by atoms with Gasteiger partial charge >= 0.3 is 0 Å². The monoisotopic (exact) mass is 286 g/mol. The first kappa shape index (κ1) is 12.7. The van der Waals surface area contributed by atoms with Gasteiger partial charge in [0, 0.05) is 12.3 Å². The second kappa shape index (κ2) is 6.29. The van der Waals surface area contributed by atoms with Crippen LogP contribution in [0, 0.1) is 0 Å². The fraction of sp³-hybridized carbons (Fsp3) is 0.231. The van der Waals surface area contributed by atoms with Crippen LogP contribution in [0.4, 0.5) is 0 Å². The second-order valence-electron chi connectivity index (χ2n) is 3.63. The number of halogens is 2. The summed E-state index contributed by atoms with van der Waals surface area (Å²) in [5.41, 5.74) is 2.30. The SMILES string of the molecule is ClCc1ccc(OCCc2ccsc2)c(Cl)c1. The molecule has 0 amide bonds. The Morgan fingerprint density at radius 3 is 2.71 bits per heavy atom. The molecule has 0 aliphatic heterocycles. The lowest BCUT2D eigenvalue weighted by atomic mass is 10.2. The molecule has 1 aromatic heterocycles. The van der Waals surface area contributed by atoms with Gasteiger partial charge in [-0.25, -0.2) is 0 Å². The van der Waals surface area contributed by atoms with Crippen molar-refractivity contribution in [2.24, 2.45) is 0 Å². The van der Waals surface area contributed by atoms with Crippen molar-refractivity contribution in [2.75, 3.05) is 6.61 Å². The van der Waals surface area contributed by atoms with Crippen LogP contribution in [0.3, 0.4) is 0 Å². The summed E-state index contributed by atoms with van der Waals surface area (Å²) in [4.78, 5) is 0. The molecule has 0 radical (unpaired) electrons. The van der Waals surface area contributed by atoms with E-state index in [0.717, 1.165) is 17.7 Å². The molecule has 0 saturated heterocycles. The van der Waals surface area contributed by atoms with Crippen LogP contribution >= 0.6 is 34.5 Å². The number of alkyl halides is 1. The summed E-state index contributed by atoms with van der Waals surface area (Å²) in [6, 6.07) is 7.74. The minimum Gasteiger partial charge on any atom is -0.492 e. The molecule has 0 spiro atoms. The van der Waals surface area contributed by atoms with Gasteiger partial charge in [0.15, 0.2) is 0 Å². The van der Waals surface area contributed by atoms with E-state index in [-0.39, 0.29) is 0 Å². The average Bonchev–Trinajstić information content (AvgIpc) is 2.84. The third-order valence-corrected chi connectivity index (χ3v) is 3.72. The summed E-state index contributed by atoms with van der Waals surface area (Å²) in [5.74, 6) is 1.19. The van der Waals surface area contributed by atoms with E-state index < -0.39 is 0 Å². The molecule has 4 heteroatoms. The van der Waals surface area contributed by atoms with Crippen LogP contribution in [0.1, 0.15) is 11.1 Å². The van der Waals surface area contributed by atoms with Crippen molar-refractivity contribution in [1.82, 2.24) is 0 Å². The highest BCUT2D eigenvalue weighted by Crippen LogP contribution is 2.26. The van der Waals surface area contributed by atoms with Crippen molar-refractivity contribution >= 4 is 34.5 Å². The zero-order chi connectivity index (χ0) is 12.1. The van der Waals surface area contributed by atoms with E-state index in [1.807, 2.05) is 18.2 Å². The summed E-state index contributed by atoms with van der Waals surface area (Å²) in [7, 11) is 0. The molecule has 0 aliphatic rings. The molecule has 0 N–H and O–H groups in total. The summed E-state index contributed by atoms with van der Waals surface area (Å²) < 4.78 is 5.64. The van der Waals surface area contributed by atoms with E-state index >= 15 is 0 Å². The molecule has 2 rings (SSSR count). The van der Waals surface area contributed by atoms with Gasteiger partial charge in [-0.15, -0.1) is 11.6 Å². The first-order valence-electron chi connectivity index (χ1n) is 5.28. The van der Waals surface area contributed by atoms with Crippen LogP contribution in [0.2, 0.25) is 5.02 Å². The summed E-state index contributed by atoms with van der Waals surface area (Å²) >= 11 is 13.5. The summed E-state index contributed by atoms with van der Waals surface area (Å²) in [6.07, 6.45) is 0.900. The molecular formula is C13H12Cl2OS. The molecule has 0 saturated carbocycles. The number of benzene rings is 1. The number of thiophene rings is 1. The van der Waals surface area contributed by atoms with Crippen LogP contribution in [-0.2, 0) is 12.3 Å². The smallest absolute Gasteiger partial charge is 0.137 e. The average molecular weight is 287 g/mol. The van der Waals surface area contributed by atoms with E-state index in [2.05, 4.69) is 16.8 Å². The van der Waals surface area contributed by atoms with Crippen LogP contribution in [-0.4, -0.2) is 6.61 Å². The Bertz CT molecular complexity index is 468. The topological polar surface area (TPSA) is 9.23 Å². The molecule has 1 aromatic carbocycles. The Labute approximate surface area is 115 Å². The maximum atomic E-state index is 6.09. The highest BCUT2D eigenvalue weighted by Gasteiger charge is 2.03. The maximum Gasteiger partial charge on any atom is 0.137 e. The van der Waals surface area contributed by atoms with Crippen molar-refractivity contribution in [3.05, 3.63) is 51.2 Å². The van der Waals surface area contributed by atoms with Crippen molar-refractivity contribution in [2.45, 2.75) is 12.3 Å². The van der Waals surface area contributed by atoms with Gasteiger partial charge in [0.05, 0.1) is 11.6 Å². The zero-order valence-electron chi connectivity index (χ0n) is 9.16. The van der Waals surface area contributed by atoms with E-state index in [0.29, 0.717) is 17.5 Å². The van der Waals surface area contributed by atoms with Crippen LogP contribution < -0.4 is 4.74 Å². The van der Waals surface area contributed by atoms with Crippen LogP contribution in [0.15, 0.2) is 35.0 Å². The number of rotatable bonds is 5. The quantitative estimate of drug-likeness (QED) is 0.720. The van der Waals surface area contributed by atoms with E-state index in [4.69, 9.17) is 27.9 Å². The number of ether oxygens (including phenoxy) is 1. The molecule has 90 valence electrons. The third kappa shape index (κ3) is 3.63. The maximum absolute atomic E-state index is 6.09. The molecule has 0 unspecified atom stereocenters. The van der Waals surface area contributed by atoms with Crippen molar-refractivity contribution in [3.8, 4) is 5.75 Å².